The average molecular weight is 653 g/mol. The Kier molecular flexibility index (Phi) is 9.41. The van der Waals surface area contributed by atoms with Crippen LogP contribution in [0, 0.1) is 18.6 Å². The van der Waals surface area contributed by atoms with E-state index in [1.54, 1.807) is 17.0 Å². The molecule has 46 heavy (non-hydrogen) atoms. The molecule has 0 aliphatic carbocycles. The van der Waals surface area contributed by atoms with Crippen molar-refractivity contribution in [3.05, 3.63) is 81.5 Å². The second-order valence-electron chi connectivity index (χ2n) is 11.6. The predicted molar refractivity (Wildman–Crippen MR) is 173 cm³/mol. The number of pyridine rings is 2. The number of piperazine rings is 1. The number of carbonyl (C=O) groups excluding carboxylic acids is 1. The van der Waals surface area contributed by atoms with E-state index in [4.69, 9.17) is 21.3 Å². The number of aliphatic hydroxyl groups excluding tert-OH is 1. The number of ether oxygens (including phenoxy) is 1. The SMILES string of the molecule is C=CC(=O)N1C[C@H](C)N(c2nc(=O)n(-c3c(OCCO)ccnc3C(C)C)c3nc(-c4c(F)ccc(F)c4C)c(Cl)cc23)C[C@H]1C. The normalized spacial score (nSPS) is 16.7. The molecule has 0 unspecified atom stereocenters. The van der Waals surface area contributed by atoms with Gasteiger partial charge in [0.15, 0.2) is 5.65 Å². The molecule has 0 bridgehead atoms. The van der Waals surface area contributed by atoms with Gasteiger partial charge in [-0.25, -0.2) is 23.1 Å². The number of rotatable bonds is 8. The number of aliphatic hydroxyl groups is 1. The van der Waals surface area contributed by atoms with Gasteiger partial charge < -0.3 is 19.6 Å². The molecule has 0 radical (unpaired) electrons. The minimum atomic E-state index is -0.738. The van der Waals surface area contributed by atoms with Crippen LogP contribution in [0.2, 0.25) is 5.02 Å². The summed E-state index contributed by atoms with van der Waals surface area (Å²) in [5.74, 6) is -1.27. The molecule has 10 nitrogen and oxygen atoms in total. The van der Waals surface area contributed by atoms with Gasteiger partial charge in [0.05, 0.1) is 28.4 Å². The van der Waals surface area contributed by atoms with Gasteiger partial charge in [0, 0.05) is 43.0 Å². The molecule has 13 heteroatoms. The van der Waals surface area contributed by atoms with E-state index in [-0.39, 0.29) is 81.9 Å². The second kappa shape index (κ2) is 13.1. The Morgan fingerprint density at radius 3 is 2.57 bits per heavy atom. The van der Waals surface area contributed by atoms with Gasteiger partial charge in [-0.3, -0.25) is 9.78 Å². The zero-order chi connectivity index (χ0) is 33.4. The molecule has 4 heterocycles. The molecule has 1 aromatic carbocycles. The number of fused-ring (bicyclic) bond motifs is 1. The Bertz CT molecular complexity index is 1900. The molecule has 5 rings (SSSR count). The van der Waals surface area contributed by atoms with Gasteiger partial charge in [0.25, 0.3) is 0 Å². The summed E-state index contributed by atoms with van der Waals surface area (Å²) in [7, 11) is 0. The number of hydrogen-bond donors (Lipinski definition) is 1. The van der Waals surface area contributed by atoms with Crippen molar-refractivity contribution in [1.29, 1.82) is 0 Å². The number of benzene rings is 1. The van der Waals surface area contributed by atoms with Gasteiger partial charge in [0.2, 0.25) is 5.91 Å². The van der Waals surface area contributed by atoms with E-state index in [0.717, 1.165) is 12.1 Å². The number of hydrogen-bond acceptors (Lipinski definition) is 8. The van der Waals surface area contributed by atoms with Crippen LogP contribution in [-0.2, 0) is 4.79 Å². The highest BCUT2D eigenvalue weighted by Crippen LogP contribution is 2.39. The van der Waals surface area contributed by atoms with Crippen LogP contribution < -0.4 is 15.3 Å². The third-order valence-corrected chi connectivity index (χ3v) is 8.42. The molecule has 0 saturated carbocycles. The molecular formula is C33H35ClF2N6O4. The fourth-order valence-electron chi connectivity index (χ4n) is 5.86. The quantitative estimate of drug-likeness (QED) is 0.259. The lowest BCUT2D eigenvalue weighted by Crippen LogP contribution is -2.58. The van der Waals surface area contributed by atoms with Crippen LogP contribution in [0.25, 0.3) is 28.0 Å². The average Bonchev–Trinajstić information content (AvgIpc) is 3.02. The summed E-state index contributed by atoms with van der Waals surface area (Å²) in [5, 5.41) is 9.88. The number of carbonyl (C=O) groups is 1. The lowest BCUT2D eigenvalue weighted by atomic mass is 10.0. The van der Waals surface area contributed by atoms with Crippen LogP contribution in [0.15, 0.2) is 47.9 Å². The van der Waals surface area contributed by atoms with Gasteiger partial charge in [-0.1, -0.05) is 32.0 Å². The number of nitrogens with zero attached hydrogens (tertiary/aromatic N) is 6. The van der Waals surface area contributed by atoms with Crippen molar-refractivity contribution in [3.8, 4) is 22.7 Å². The maximum Gasteiger partial charge on any atom is 0.356 e. The summed E-state index contributed by atoms with van der Waals surface area (Å²) >= 11 is 6.80. The van der Waals surface area contributed by atoms with E-state index in [2.05, 4.69) is 16.5 Å². The number of amides is 1. The van der Waals surface area contributed by atoms with Crippen molar-refractivity contribution in [1.82, 2.24) is 24.4 Å². The Morgan fingerprint density at radius 1 is 1.17 bits per heavy atom. The molecule has 4 aromatic rings. The molecular weight excluding hydrogens is 618 g/mol. The Hall–Kier alpha value is -4.42. The van der Waals surface area contributed by atoms with E-state index in [0.29, 0.717) is 24.2 Å². The fraction of sp³-hybridized carbons (Fsp3) is 0.364. The molecule has 242 valence electrons. The predicted octanol–water partition coefficient (Wildman–Crippen LogP) is 5.19. The Balaban J connectivity index is 1.87. The van der Waals surface area contributed by atoms with Gasteiger partial charge >= 0.3 is 5.69 Å². The van der Waals surface area contributed by atoms with Crippen molar-refractivity contribution in [2.75, 3.05) is 31.2 Å². The molecule has 1 amide bonds. The molecule has 1 fully saturated rings. The number of halogens is 3. The Morgan fingerprint density at radius 2 is 1.89 bits per heavy atom. The van der Waals surface area contributed by atoms with E-state index in [1.807, 2.05) is 32.6 Å². The van der Waals surface area contributed by atoms with Crippen molar-refractivity contribution in [2.45, 2.75) is 52.6 Å². The largest absolute Gasteiger partial charge is 0.489 e. The first kappa shape index (κ1) is 33.0. The van der Waals surface area contributed by atoms with E-state index in [1.165, 1.54) is 23.8 Å². The molecule has 2 atom stereocenters. The summed E-state index contributed by atoms with van der Waals surface area (Å²) in [4.78, 5) is 44.2. The number of aromatic nitrogens is 4. The summed E-state index contributed by atoms with van der Waals surface area (Å²) in [6.45, 7) is 12.9. The van der Waals surface area contributed by atoms with E-state index in [9.17, 15) is 19.1 Å². The molecule has 1 N–H and O–H groups in total. The smallest absolute Gasteiger partial charge is 0.356 e. The molecule has 0 spiro atoms. The van der Waals surface area contributed by atoms with Crippen LogP contribution in [0.1, 0.15) is 44.9 Å². The zero-order valence-electron chi connectivity index (χ0n) is 26.2. The minimum absolute atomic E-state index is 0.00130. The van der Waals surface area contributed by atoms with Crippen molar-refractivity contribution >= 4 is 34.4 Å². The third kappa shape index (κ3) is 5.82. The first-order valence-corrected chi connectivity index (χ1v) is 15.3. The van der Waals surface area contributed by atoms with Gasteiger partial charge in [-0.15, -0.1) is 0 Å². The zero-order valence-corrected chi connectivity index (χ0v) is 27.0. The first-order chi connectivity index (χ1) is 21.9. The van der Waals surface area contributed by atoms with Crippen LogP contribution in [-0.4, -0.2) is 73.8 Å². The highest BCUT2D eigenvalue weighted by molar-refractivity contribution is 6.34. The lowest BCUT2D eigenvalue weighted by molar-refractivity contribution is -0.128. The topological polar surface area (TPSA) is 114 Å². The maximum absolute atomic E-state index is 15.3. The van der Waals surface area contributed by atoms with E-state index < -0.39 is 17.3 Å². The summed E-state index contributed by atoms with van der Waals surface area (Å²) in [5.41, 5.74) is -0.144. The molecule has 1 aliphatic heterocycles. The van der Waals surface area contributed by atoms with Crippen LogP contribution >= 0.6 is 11.6 Å². The highest BCUT2D eigenvalue weighted by Gasteiger charge is 2.34. The maximum atomic E-state index is 15.3. The summed E-state index contributed by atoms with van der Waals surface area (Å²) < 4.78 is 37.1. The summed E-state index contributed by atoms with van der Waals surface area (Å²) in [6.07, 6.45) is 2.80. The molecule has 1 saturated heterocycles. The third-order valence-electron chi connectivity index (χ3n) is 8.14. The first-order valence-electron chi connectivity index (χ1n) is 14.9. The van der Waals surface area contributed by atoms with Crippen molar-refractivity contribution < 1.29 is 23.4 Å². The van der Waals surface area contributed by atoms with Crippen molar-refractivity contribution in [2.24, 2.45) is 0 Å². The second-order valence-corrected chi connectivity index (χ2v) is 12.0. The molecule has 3 aromatic heterocycles. The standard InChI is InChI=1S/C33H35ClF2N6O4/c1-7-26(44)40-15-19(5)41(16-18(40)4)31-21-14-22(34)29(27-20(6)23(35)8-9-24(27)36)38-32(21)42(33(45)39-31)30-25(46-13-12-43)10-11-37-28(30)17(2)3/h7-11,14,17-19,43H,1,12-13,15-16H2,2-6H3/t18-,19+/m1/s1. The molecule has 1 aliphatic rings. The van der Waals surface area contributed by atoms with Gasteiger partial charge in [0.1, 0.15) is 35.5 Å². The minimum Gasteiger partial charge on any atom is -0.489 e. The van der Waals surface area contributed by atoms with E-state index >= 15 is 4.39 Å². The fourth-order valence-corrected chi connectivity index (χ4v) is 6.11. The Labute approximate surface area is 269 Å². The van der Waals surface area contributed by atoms with Gasteiger partial charge in [-0.05, 0) is 56.5 Å². The van der Waals surface area contributed by atoms with Crippen LogP contribution in [0.5, 0.6) is 5.75 Å². The number of anilines is 1. The van der Waals surface area contributed by atoms with Crippen molar-refractivity contribution in [3.63, 3.8) is 0 Å². The van der Waals surface area contributed by atoms with Crippen LogP contribution in [0.3, 0.4) is 0 Å². The van der Waals surface area contributed by atoms with Gasteiger partial charge in [-0.2, -0.15) is 4.98 Å². The monoisotopic (exact) mass is 652 g/mol. The van der Waals surface area contributed by atoms with Crippen LogP contribution in [0.4, 0.5) is 14.6 Å². The highest BCUT2D eigenvalue weighted by atomic mass is 35.5. The lowest BCUT2D eigenvalue weighted by Gasteiger charge is -2.44. The summed E-state index contributed by atoms with van der Waals surface area (Å²) in [6, 6.07) is 4.60.